The third-order valence-corrected chi connectivity index (χ3v) is 5.44. The van der Waals surface area contributed by atoms with Crippen molar-refractivity contribution < 1.29 is 14.4 Å². The molecule has 1 amide bonds. The summed E-state index contributed by atoms with van der Waals surface area (Å²) in [5, 5.41) is 4.04. The third-order valence-electron chi connectivity index (χ3n) is 4.61. The minimum atomic E-state index is -0.160. The molecule has 0 unspecified atom stereocenters. The van der Waals surface area contributed by atoms with Crippen LogP contribution in [0.15, 0.2) is 54.6 Å². The van der Waals surface area contributed by atoms with E-state index in [0.29, 0.717) is 10.0 Å². The van der Waals surface area contributed by atoms with Gasteiger partial charge < -0.3 is 15.0 Å². The van der Waals surface area contributed by atoms with Crippen LogP contribution in [0.1, 0.15) is 17.2 Å². The summed E-state index contributed by atoms with van der Waals surface area (Å²) >= 11 is 12.2. The molecule has 142 valence electrons. The van der Waals surface area contributed by atoms with E-state index in [0.717, 1.165) is 44.0 Å². The van der Waals surface area contributed by atoms with Gasteiger partial charge in [-0.15, -0.1) is 0 Å². The zero-order valence-corrected chi connectivity index (χ0v) is 16.5. The van der Waals surface area contributed by atoms with E-state index in [2.05, 4.69) is 5.32 Å². The number of halogens is 2. The van der Waals surface area contributed by atoms with Gasteiger partial charge in [-0.25, -0.2) is 0 Å². The minimum Gasteiger partial charge on any atom is -0.370 e. The summed E-state index contributed by atoms with van der Waals surface area (Å²) in [6.07, 6.45) is 3.19. The molecular formula is C21H23Cl2N2O2+. The molecule has 1 heterocycles. The highest BCUT2D eigenvalue weighted by molar-refractivity contribution is 6.42. The normalized spacial score (nSPS) is 16.4. The monoisotopic (exact) mass is 405 g/mol. The van der Waals surface area contributed by atoms with Gasteiger partial charge in [0.2, 0.25) is 5.91 Å². The van der Waals surface area contributed by atoms with Crippen molar-refractivity contribution >= 4 is 35.2 Å². The maximum absolute atomic E-state index is 12.5. The van der Waals surface area contributed by atoms with Gasteiger partial charge in [-0.05, 0) is 23.3 Å². The number of nitrogens with one attached hydrogen (secondary N) is 2. The van der Waals surface area contributed by atoms with E-state index in [1.807, 2.05) is 36.4 Å². The molecule has 0 aliphatic carbocycles. The van der Waals surface area contributed by atoms with Crippen molar-refractivity contribution in [2.24, 2.45) is 0 Å². The van der Waals surface area contributed by atoms with Gasteiger partial charge in [-0.3, -0.25) is 4.79 Å². The molecule has 0 radical (unpaired) electrons. The highest BCUT2D eigenvalue weighted by Gasteiger charge is 2.22. The van der Waals surface area contributed by atoms with E-state index in [1.165, 1.54) is 11.0 Å². The Bertz CT molecular complexity index is 790. The number of hydrogen-bond acceptors (Lipinski definition) is 2. The minimum absolute atomic E-state index is 0.0636. The molecule has 27 heavy (non-hydrogen) atoms. The van der Waals surface area contributed by atoms with Gasteiger partial charge in [-0.2, -0.15) is 0 Å². The maximum Gasteiger partial charge on any atom is 0.244 e. The summed E-state index contributed by atoms with van der Waals surface area (Å²) < 4.78 is 5.43. The fraction of sp³-hybridized carbons (Fsp3) is 0.286. The van der Waals surface area contributed by atoms with E-state index in [1.54, 1.807) is 18.2 Å². The number of carbonyl (C=O) groups is 1. The first-order chi connectivity index (χ1) is 13.1. The fourth-order valence-electron chi connectivity index (χ4n) is 3.12. The molecule has 1 atom stereocenters. The van der Waals surface area contributed by atoms with Crippen LogP contribution in [0.4, 0.5) is 0 Å². The smallest absolute Gasteiger partial charge is 0.244 e. The van der Waals surface area contributed by atoms with Crippen LogP contribution in [0, 0.1) is 0 Å². The van der Waals surface area contributed by atoms with Crippen LogP contribution in [0.5, 0.6) is 0 Å². The lowest BCUT2D eigenvalue weighted by Crippen LogP contribution is -3.14. The van der Waals surface area contributed by atoms with Gasteiger partial charge in [0.1, 0.15) is 25.7 Å². The lowest BCUT2D eigenvalue weighted by Gasteiger charge is -2.28. The van der Waals surface area contributed by atoms with Crippen LogP contribution in [0.25, 0.3) is 6.08 Å². The molecular weight excluding hydrogens is 383 g/mol. The number of morpholine rings is 1. The molecule has 0 aromatic heterocycles. The molecule has 0 saturated carbocycles. The van der Waals surface area contributed by atoms with Crippen molar-refractivity contribution in [3.8, 4) is 0 Å². The summed E-state index contributed by atoms with van der Waals surface area (Å²) in [4.78, 5) is 14.0. The highest BCUT2D eigenvalue weighted by atomic mass is 35.5. The van der Waals surface area contributed by atoms with Gasteiger partial charge in [0.25, 0.3) is 0 Å². The van der Waals surface area contributed by atoms with E-state index in [9.17, 15) is 4.79 Å². The number of quaternary nitrogens is 1. The summed E-state index contributed by atoms with van der Waals surface area (Å²) in [6.45, 7) is 4.25. The van der Waals surface area contributed by atoms with E-state index in [-0.39, 0.29) is 11.9 Å². The van der Waals surface area contributed by atoms with E-state index < -0.39 is 0 Å². The lowest BCUT2D eigenvalue weighted by atomic mass is 10.1. The van der Waals surface area contributed by atoms with Crippen molar-refractivity contribution in [2.45, 2.75) is 6.04 Å². The number of amides is 1. The van der Waals surface area contributed by atoms with E-state index >= 15 is 0 Å². The number of rotatable bonds is 6. The van der Waals surface area contributed by atoms with Gasteiger partial charge in [0.05, 0.1) is 23.3 Å². The average molecular weight is 406 g/mol. The molecule has 1 aliphatic rings. The fourth-order valence-corrected chi connectivity index (χ4v) is 3.50. The lowest BCUT2D eigenvalue weighted by molar-refractivity contribution is -0.909. The highest BCUT2D eigenvalue weighted by Crippen LogP contribution is 2.26. The van der Waals surface area contributed by atoms with Gasteiger partial charge >= 0.3 is 0 Å². The molecule has 2 aromatic carbocycles. The Kier molecular flexibility index (Phi) is 7.30. The van der Waals surface area contributed by atoms with Crippen molar-refractivity contribution in [3.05, 3.63) is 75.8 Å². The Hall–Kier alpha value is -1.85. The zero-order valence-electron chi connectivity index (χ0n) is 15.0. The second-order valence-corrected chi connectivity index (χ2v) is 7.30. The molecule has 1 fully saturated rings. The molecule has 4 nitrogen and oxygen atoms in total. The molecule has 2 N–H and O–H groups in total. The summed E-state index contributed by atoms with van der Waals surface area (Å²) in [7, 11) is 0. The second kappa shape index (κ2) is 9.90. The molecule has 0 spiro atoms. The molecule has 2 aromatic rings. The van der Waals surface area contributed by atoms with Gasteiger partial charge in [0.15, 0.2) is 0 Å². The van der Waals surface area contributed by atoms with Crippen LogP contribution >= 0.6 is 23.2 Å². The number of carbonyl (C=O) groups excluding carboxylic acids is 1. The first-order valence-corrected chi connectivity index (χ1v) is 9.78. The van der Waals surface area contributed by atoms with E-state index in [4.69, 9.17) is 27.9 Å². The van der Waals surface area contributed by atoms with Crippen LogP contribution in [-0.4, -0.2) is 38.8 Å². The molecule has 0 bridgehead atoms. The zero-order chi connectivity index (χ0) is 19.1. The quantitative estimate of drug-likeness (QED) is 0.725. The van der Waals surface area contributed by atoms with Gasteiger partial charge in [0, 0.05) is 6.08 Å². The summed E-state index contributed by atoms with van der Waals surface area (Å²) in [5.41, 5.74) is 1.81. The second-order valence-electron chi connectivity index (χ2n) is 6.51. The molecule has 3 rings (SSSR count). The Morgan fingerprint density at radius 3 is 2.59 bits per heavy atom. The Morgan fingerprint density at radius 1 is 1.11 bits per heavy atom. The van der Waals surface area contributed by atoms with Gasteiger partial charge in [-0.1, -0.05) is 65.7 Å². The van der Waals surface area contributed by atoms with Crippen LogP contribution in [0.3, 0.4) is 0 Å². The molecule has 6 heteroatoms. The van der Waals surface area contributed by atoms with Crippen molar-refractivity contribution in [2.75, 3.05) is 32.8 Å². The average Bonchev–Trinajstić information content (AvgIpc) is 2.70. The largest absolute Gasteiger partial charge is 0.370 e. The first kappa shape index (κ1) is 19.9. The maximum atomic E-state index is 12.5. The standard InChI is InChI=1S/C21H22Cl2N2O2/c22-18-8-4-7-17(21(18)23)9-10-20(26)24-19(16-5-2-1-3-6-16)15-25-11-13-27-14-12-25/h1-10,19H,11-15H2,(H,24,26)/p+1/b10-9+/t19-/m0/s1. The Balaban J connectivity index is 1.69. The number of ether oxygens (including phenoxy) is 1. The third kappa shape index (κ3) is 5.81. The Labute approximate surface area is 169 Å². The van der Waals surface area contributed by atoms with Crippen molar-refractivity contribution in [1.29, 1.82) is 0 Å². The molecule has 1 aliphatic heterocycles. The molecule has 1 saturated heterocycles. The number of benzene rings is 2. The van der Waals surface area contributed by atoms with Crippen LogP contribution in [-0.2, 0) is 9.53 Å². The first-order valence-electron chi connectivity index (χ1n) is 9.02. The predicted molar refractivity (Wildman–Crippen MR) is 109 cm³/mol. The topological polar surface area (TPSA) is 42.8 Å². The summed E-state index contributed by atoms with van der Waals surface area (Å²) in [5.74, 6) is -0.160. The van der Waals surface area contributed by atoms with Crippen molar-refractivity contribution in [3.63, 3.8) is 0 Å². The SMILES string of the molecule is O=C(/C=C/c1cccc(Cl)c1Cl)N[C@@H](C[NH+]1CCOCC1)c1ccccc1. The van der Waals surface area contributed by atoms with Crippen LogP contribution < -0.4 is 10.2 Å². The summed E-state index contributed by atoms with van der Waals surface area (Å²) in [6, 6.07) is 15.3. The number of hydrogen-bond donors (Lipinski definition) is 2. The predicted octanol–water partition coefficient (Wildman–Crippen LogP) is 2.78. The Morgan fingerprint density at radius 2 is 1.85 bits per heavy atom. The van der Waals surface area contributed by atoms with Crippen LogP contribution in [0.2, 0.25) is 10.0 Å². The van der Waals surface area contributed by atoms with Crippen molar-refractivity contribution in [1.82, 2.24) is 5.32 Å².